The number of anilines is 1. The minimum Gasteiger partial charge on any atom is -0.483 e. The highest BCUT2D eigenvalue weighted by molar-refractivity contribution is 5.96. The molecule has 0 bridgehead atoms. The van der Waals surface area contributed by atoms with E-state index in [9.17, 15) is 14.0 Å². The molecule has 23 heavy (non-hydrogen) atoms. The van der Waals surface area contributed by atoms with Crippen LogP contribution in [0.4, 0.5) is 10.1 Å². The zero-order valence-corrected chi connectivity index (χ0v) is 12.9. The first-order valence-electron chi connectivity index (χ1n) is 6.96. The summed E-state index contributed by atoms with van der Waals surface area (Å²) in [6.07, 6.45) is 0. The molecule has 0 aliphatic carbocycles. The Bertz CT molecular complexity index is 759. The van der Waals surface area contributed by atoms with Gasteiger partial charge in [0.05, 0.1) is 11.3 Å². The molecule has 2 rings (SSSR count). The predicted octanol–water partition coefficient (Wildman–Crippen LogP) is 2.56. The monoisotopic (exact) mass is 316 g/mol. The highest BCUT2D eigenvalue weighted by atomic mass is 19.1. The molecule has 0 atom stereocenters. The van der Waals surface area contributed by atoms with Crippen molar-refractivity contribution in [3.05, 3.63) is 58.9 Å². The Morgan fingerprint density at radius 2 is 1.78 bits per heavy atom. The molecule has 120 valence electrons. The molecular formula is C17H17FN2O3. The van der Waals surface area contributed by atoms with Crippen LogP contribution in [0.5, 0.6) is 5.75 Å². The normalized spacial score (nSPS) is 10.2. The fraction of sp³-hybridized carbons (Fsp3) is 0.176. The predicted molar refractivity (Wildman–Crippen MR) is 85.0 cm³/mol. The number of ether oxygens (including phenoxy) is 1. The fourth-order valence-corrected chi connectivity index (χ4v) is 2.00. The summed E-state index contributed by atoms with van der Waals surface area (Å²) in [7, 11) is 0. The second kappa shape index (κ2) is 6.91. The van der Waals surface area contributed by atoms with Gasteiger partial charge in [0.1, 0.15) is 11.6 Å². The van der Waals surface area contributed by atoms with E-state index >= 15 is 0 Å². The Balaban J connectivity index is 2.05. The van der Waals surface area contributed by atoms with Crippen molar-refractivity contribution in [2.45, 2.75) is 13.8 Å². The topological polar surface area (TPSA) is 81.4 Å². The van der Waals surface area contributed by atoms with Gasteiger partial charge in [-0.2, -0.15) is 0 Å². The largest absolute Gasteiger partial charge is 0.483 e. The molecule has 0 saturated heterocycles. The zero-order valence-electron chi connectivity index (χ0n) is 12.9. The van der Waals surface area contributed by atoms with Crippen molar-refractivity contribution in [2.75, 3.05) is 11.9 Å². The molecule has 0 unspecified atom stereocenters. The number of hydrogen-bond acceptors (Lipinski definition) is 3. The second-order valence-corrected chi connectivity index (χ2v) is 5.18. The van der Waals surface area contributed by atoms with Crippen LogP contribution >= 0.6 is 0 Å². The first-order chi connectivity index (χ1) is 10.9. The summed E-state index contributed by atoms with van der Waals surface area (Å²) in [5, 5.41) is 2.42. The van der Waals surface area contributed by atoms with Crippen molar-refractivity contribution in [2.24, 2.45) is 5.73 Å². The molecule has 0 radical (unpaired) electrons. The molecule has 0 aromatic heterocycles. The van der Waals surface area contributed by atoms with Crippen molar-refractivity contribution in [3.8, 4) is 5.75 Å². The molecule has 0 aliphatic heterocycles. The lowest BCUT2D eigenvalue weighted by Gasteiger charge is -2.11. The summed E-state index contributed by atoms with van der Waals surface area (Å²) in [5.74, 6) is -1.49. The van der Waals surface area contributed by atoms with Gasteiger partial charge in [-0.1, -0.05) is 12.1 Å². The van der Waals surface area contributed by atoms with Crippen LogP contribution in [0.1, 0.15) is 21.5 Å². The van der Waals surface area contributed by atoms with Crippen LogP contribution in [0.15, 0.2) is 36.4 Å². The molecule has 5 nitrogen and oxygen atoms in total. The molecule has 0 heterocycles. The Labute approximate surface area is 133 Å². The smallest absolute Gasteiger partial charge is 0.262 e. The van der Waals surface area contributed by atoms with Crippen LogP contribution in [0, 0.1) is 19.7 Å². The van der Waals surface area contributed by atoms with Crippen molar-refractivity contribution < 1.29 is 18.7 Å². The Kier molecular flexibility index (Phi) is 4.95. The fourth-order valence-electron chi connectivity index (χ4n) is 2.00. The van der Waals surface area contributed by atoms with Gasteiger partial charge in [-0.3, -0.25) is 9.59 Å². The quantitative estimate of drug-likeness (QED) is 0.889. The van der Waals surface area contributed by atoms with E-state index in [1.54, 1.807) is 25.1 Å². The van der Waals surface area contributed by atoms with Crippen molar-refractivity contribution >= 4 is 17.5 Å². The van der Waals surface area contributed by atoms with Gasteiger partial charge in [-0.15, -0.1) is 0 Å². The molecule has 0 spiro atoms. The van der Waals surface area contributed by atoms with E-state index in [0.717, 1.165) is 11.1 Å². The number of amides is 2. The molecular weight excluding hydrogens is 299 g/mol. The molecule has 0 saturated carbocycles. The third-order valence-corrected chi connectivity index (χ3v) is 3.16. The van der Waals surface area contributed by atoms with Crippen LogP contribution in [0.3, 0.4) is 0 Å². The number of nitrogens with one attached hydrogen (secondary N) is 1. The SMILES string of the molecule is Cc1ccc(NC(=O)COc2cc(C)ccc2C(N)=O)c(F)c1. The Hall–Kier alpha value is -2.89. The van der Waals surface area contributed by atoms with Gasteiger partial charge in [0.15, 0.2) is 6.61 Å². The van der Waals surface area contributed by atoms with E-state index < -0.39 is 17.6 Å². The van der Waals surface area contributed by atoms with Crippen molar-refractivity contribution in [1.82, 2.24) is 0 Å². The molecule has 2 amide bonds. The molecule has 0 fully saturated rings. The van der Waals surface area contributed by atoms with Crippen LogP contribution < -0.4 is 15.8 Å². The molecule has 0 aliphatic rings. The van der Waals surface area contributed by atoms with Crippen LogP contribution in [-0.4, -0.2) is 18.4 Å². The number of hydrogen-bond donors (Lipinski definition) is 2. The summed E-state index contributed by atoms with van der Waals surface area (Å²) >= 11 is 0. The van der Waals surface area contributed by atoms with Gasteiger partial charge in [0.2, 0.25) is 0 Å². The van der Waals surface area contributed by atoms with Crippen molar-refractivity contribution in [3.63, 3.8) is 0 Å². The standard InChI is InChI=1S/C17H17FN2O3/c1-10-4-6-14(13(18)7-10)20-16(21)9-23-15-8-11(2)3-5-12(15)17(19)22/h3-8H,9H2,1-2H3,(H2,19,22)(H,20,21). The van der Waals surface area contributed by atoms with Gasteiger partial charge < -0.3 is 15.8 Å². The number of carbonyl (C=O) groups excluding carboxylic acids is 2. The lowest BCUT2D eigenvalue weighted by molar-refractivity contribution is -0.118. The number of benzene rings is 2. The maximum atomic E-state index is 13.7. The third-order valence-electron chi connectivity index (χ3n) is 3.16. The minimum atomic E-state index is -0.648. The van der Waals surface area contributed by atoms with E-state index in [0.29, 0.717) is 0 Å². The molecule has 2 aromatic rings. The summed E-state index contributed by atoms with van der Waals surface area (Å²) in [6, 6.07) is 9.34. The lowest BCUT2D eigenvalue weighted by atomic mass is 10.1. The summed E-state index contributed by atoms with van der Waals surface area (Å²) < 4.78 is 19.0. The number of nitrogens with two attached hydrogens (primary N) is 1. The first kappa shape index (κ1) is 16.5. The highest BCUT2D eigenvalue weighted by Gasteiger charge is 2.12. The molecule has 3 N–H and O–H groups in total. The Morgan fingerprint density at radius 1 is 1.13 bits per heavy atom. The number of aryl methyl sites for hydroxylation is 2. The van der Waals surface area contributed by atoms with E-state index in [-0.39, 0.29) is 23.6 Å². The number of halogens is 1. The van der Waals surface area contributed by atoms with Gasteiger partial charge in [0, 0.05) is 0 Å². The van der Waals surface area contributed by atoms with Crippen molar-refractivity contribution in [1.29, 1.82) is 0 Å². The number of primary amides is 1. The summed E-state index contributed by atoms with van der Waals surface area (Å²) in [6.45, 7) is 3.21. The first-order valence-corrected chi connectivity index (χ1v) is 6.96. The van der Waals surface area contributed by atoms with Crippen LogP contribution in [0.2, 0.25) is 0 Å². The molecule has 6 heteroatoms. The van der Waals surface area contributed by atoms with Crippen LogP contribution in [-0.2, 0) is 4.79 Å². The van der Waals surface area contributed by atoms with E-state index in [4.69, 9.17) is 10.5 Å². The summed E-state index contributed by atoms with van der Waals surface area (Å²) in [5.41, 5.74) is 7.13. The minimum absolute atomic E-state index is 0.0727. The van der Waals surface area contributed by atoms with E-state index in [1.165, 1.54) is 18.2 Å². The molecule has 2 aromatic carbocycles. The Morgan fingerprint density at radius 3 is 2.43 bits per heavy atom. The average molecular weight is 316 g/mol. The lowest BCUT2D eigenvalue weighted by Crippen LogP contribution is -2.22. The zero-order chi connectivity index (χ0) is 17.0. The van der Waals surface area contributed by atoms with Crippen LogP contribution in [0.25, 0.3) is 0 Å². The number of rotatable bonds is 5. The summed E-state index contributed by atoms with van der Waals surface area (Å²) in [4.78, 5) is 23.2. The average Bonchev–Trinajstić information content (AvgIpc) is 2.48. The van der Waals surface area contributed by atoms with Gasteiger partial charge in [-0.25, -0.2) is 4.39 Å². The maximum absolute atomic E-state index is 13.7. The maximum Gasteiger partial charge on any atom is 0.262 e. The van der Waals surface area contributed by atoms with E-state index in [2.05, 4.69) is 5.32 Å². The van der Waals surface area contributed by atoms with Gasteiger partial charge in [0.25, 0.3) is 11.8 Å². The van der Waals surface area contributed by atoms with Gasteiger partial charge in [-0.05, 0) is 49.2 Å². The van der Waals surface area contributed by atoms with Gasteiger partial charge >= 0.3 is 0 Å². The third kappa shape index (κ3) is 4.29. The number of carbonyl (C=O) groups is 2. The highest BCUT2D eigenvalue weighted by Crippen LogP contribution is 2.20. The second-order valence-electron chi connectivity index (χ2n) is 5.18. The van der Waals surface area contributed by atoms with E-state index in [1.807, 2.05) is 6.92 Å².